The molecule has 1 aromatic rings. The molecule has 14 heavy (non-hydrogen) atoms. The van der Waals surface area contributed by atoms with Crippen molar-refractivity contribution >= 4 is 17.2 Å². The Labute approximate surface area is 88.2 Å². The van der Waals surface area contributed by atoms with Crippen molar-refractivity contribution in [2.24, 2.45) is 0 Å². The van der Waals surface area contributed by atoms with Crippen molar-refractivity contribution in [3.8, 4) is 0 Å². The van der Waals surface area contributed by atoms with E-state index in [9.17, 15) is 4.79 Å². The first-order chi connectivity index (χ1) is 6.79. The largest absolute Gasteiger partial charge is 0.331 e. The topological polar surface area (TPSA) is 20.3 Å². The van der Waals surface area contributed by atoms with E-state index < -0.39 is 0 Å². The fraction of sp³-hybridized carbons (Fsp3) is 0.182. The van der Waals surface area contributed by atoms with Crippen LogP contribution in [0.4, 0.5) is 0 Å². The van der Waals surface area contributed by atoms with Crippen molar-refractivity contribution in [1.29, 1.82) is 0 Å². The highest BCUT2D eigenvalue weighted by atomic mass is 32.1. The van der Waals surface area contributed by atoms with E-state index in [1.54, 1.807) is 17.1 Å². The molecule has 0 unspecified atom stereocenters. The summed E-state index contributed by atoms with van der Waals surface area (Å²) in [4.78, 5) is 14.3. The number of carbonyl (C=O) groups is 1. The van der Waals surface area contributed by atoms with Crippen LogP contribution < -0.4 is 0 Å². The van der Waals surface area contributed by atoms with Gasteiger partial charge in [-0.3, -0.25) is 4.79 Å². The zero-order valence-corrected chi connectivity index (χ0v) is 8.80. The molecule has 0 aliphatic rings. The molecule has 0 aromatic carbocycles. The van der Waals surface area contributed by atoms with Gasteiger partial charge in [0.1, 0.15) is 0 Å². The van der Waals surface area contributed by atoms with Gasteiger partial charge in [0, 0.05) is 13.1 Å². The second kappa shape index (κ2) is 5.40. The minimum absolute atomic E-state index is 0.0415. The summed E-state index contributed by atoms with van der Waals surface area (Å²) in [6.07, 6.45) is 3.43. The molecular weight excluding hydrogens is 194 g/mol. The molecule has 1 amide bonds. The molecule has 0 aliphatic carbocycles. The molecule has 0 aliphatic heterocycles. The highest BCUT2D eigenvalue weighted by Gasteiger charge is 2.13. The van der Waals surface area contributed by atoms with Crippen molar-refractivity contribution in [2.45, 2.75) is 0 Å². The van der Waals surface area contributed by atoms with E-state index >= 15 is 0 Å². The van der Waals surface area contributed by atoms with Gasteiger partial charge in [0.25, 0.3) is 5.91 Å². The predicted octanol–water partition coefficient (Wildman–Crippen LogP) is 2.56. The minimum Gasteiger partial charge on any atom is -0.331 e. The number of carbonyl (C=O) groups excluding carboxylic acids is 1. The lowest BCUT2D eigenvalue weighted by atomic mass is 10.3. The van der Waals surface area contributed by atoms with Gasteiger partial charge in [0.05, 0.1) is 4.88 Å². The molecule has 74 valence electrons. The summed E-state index contributed by atoms with van der Waals surface area (Å²) >= 11 is 1.45. The Kier molecular flexibility index (Phi) is 4.13. The number of thiophene rings is 1. The van der Waals surface area contributed by atoms with E-state index in [4.69, 9.17) is 0 Å². The molecule has 1 aromatic heterocycles. The number of hydrogen-bond acceptors (Lipinski definition) is 2. The Bertz CT molecular complexity index is 306. The van der Waals surface area contributed by atoms with Crippen LogP contribution >= 0.6 is 11.3 Å². The van der Waals surface area contributed by atoms with Crippen LogP contribution in [0.2, 0.25) is 0 Å². The Morgan fingerprint density at radius 1 is 1.43 bits per heavy atom. The van der Waals surface area contributed by atoms with E-state index in [1.807, 2.05) is 17.5 Å². The van der Waals surface area contributed by atoms with Crippen LogP contribution in [-0.2, 0) is 0 Å². The molecule has 0 atom stereocenters. The van der Waals surface area contributed by atoms with Crippen LogP contribution in [0.3, 0.4) is 0 Å². The molecule has 0 bridgehead atoms. The van der Waals surface area contributed by atoms with Gasteiger partial charge in [-0.25, -0.2) is 0 Å². The summed E-state index contributed by atoms with van der Waals surface area (Å²) in [5.74, 6) is 0.0415. The van der Waals surface area contributed by atoms with Crippen molar-refractivity contribution in [3.05, 3.63) is 47.7 Å². The Balaban J connectivity index is 2.72. The van der Waals surface area contributed by atoms with Crippen LogP contribution in [-0.4, -0.2) is 23.9 Å². The summed E-state index contributed by atoms with van der Waals surface area (Å²) < 4.78 is 0. The Hall–Kier alpha value is -1.35. The molecule has 2 nitrogen and oxygen atoms in total. The summed E-state index contributed by atoms with van der Waals surface area (Å²) in [6.45, 7) is 8.36. The van der Waals surface area contributed by atoms with Gasteiger partial charge in [0.15, 0.2) is 0 Å². The van der Waals surface area contributed by atoms with E-state index in [0.29, 0.717) is 13.1 Å². The van der Waals surface area contributed by atoms with Gasteiger partial charge in [0.2, 0.25) is 0 Å². The van der Waals surface area contributed by atoms with Gasteiger partial charge in [-0.2, -0.15) is 0 Å². The van der Waals surface area contributed by atoms with E-state index in [2.05, 4.69) is 13.2 Å². The second-order valence-electron chi connectivity index (χ2n) is 2.76. The molecule has 0 N–H and O–H groups in total. The SMILES string of the molecule is C=CCN(CC=C)C(=O)c1cccs1. The maximum atomic E-state index is 11.8. The number of nitrogens with zero attached hydrogens (tertiary/aromatic N) is 1. The monoisotopic (exact) mass is 207 g/mol. The van der Waals surface area contributed by atoms with Crippen LogP contribution in [0.5, 0.6) is 0 Å². The van der Waals surface area contributed by atoms with Crippen molar-refractivity contribution in [1.82, 2.24) is 4.90 Å². The molecule has 0 fully saturated rings. The standard InChI is InChI=1S/C11H13NOS/c1-3-7-12(8-4-2)11(13)10-6-5-9-14-10/h3-6,9H,1-2,7-8H2. The molecule has 0 saturated carbocycles. The molecule has 0 spiro atoms. The van der Waals surface area contributed by atoms with Crippen LogP contribution in [0, 0.1) is 0 Å². The smallest absolute Gasteiger partial charge is 0.264 e. The lowest BCUT2D eigenvalue weighted by Crippen LogP contribution is -2.30. The first-order valence-electron chi connectivity index (χ1n) is 4.34. The second-order valence-corrected chi connectivity index (χ2v) is 3.71. The van der Waals surface area contributed by atoms with Gasteiger partial charge in [-0.1, -0.05) is 18.2 Å². The minimum atomic E-state index is 0.0415. The summed E-state index contributed by atoms with van der Waals surface area (Å²) in [6, 6.07) is 3.70. The lowest BCUT2D eigenvalue weighted by Gasteiger charge is -2.17. The normalized spacial score (nSPS) is 9.43. The summed E-state index contributed by atoms with van der Waals surface area (Å²) in [5.41, 5.74) is 0. The molecule has 1 heterocycles. The first kappa shape index (κ1) is 10.7. The van der Waals surface area contributed by atoms with Crippen LogP contribution in [0.25, 0.3) is 0 Å². The molecule has 1 rings (SSSR count). The molecule has 3 heteroatoms. The third kappa shape index (κ3) is 2.57. The zero-order chi connectivity index (χ0) is 10.4. The fourth-order valence-electron chi connectivity index (χ4n) is 1.11. The third-order valence-electron chi connectivity index (χ3n) is 1.72. The van der Waals surface area contributed by atoms with Gasteiger partial charge >= 0.3 is 0 Å². The quantitative estimate of drug-likeness (QED) is 0.679. The Morgan fingerprint density at radius 2 is 2.07 bits per heavy atom. The maximum Gasteiger partial charge on any atom is 0.264 e. The maximum absolute atomic E-state index is 11.8. The zero-order valence-electron chi connectivity index (χ0n) is 7.98. The number of amides is 1. The predicted molar refractivity (Wildman–Crippen MR) is 60.6 cm³/mol. The first-order valence-corrected chi connectivity index (χ1v) is 5.22. The number of rotatable bonds is 5. The summed E-state index contributed by atoms with van der Waals surface area (Å²) in [7, 11) is 0. The van der Waals surface area contributed by atoms with Crippen LogP contribution in [0.1, 0.15) is 9.67 Å². The lowest BCUT2D eigenvalue weighted by molar-refractivity contribution is 0.0795. The number of hydrogen-bond donors (Lipinski definition) is 0. The third-order valence-corrected chi connectivity index (χ3v) is 2.58. The van der Waals surface area contributed by atoms with E-state index in [0.717, 1.165) is 4.88 Å². The Morgan fingerprint density at radius 3 is 2.50 bits per heavy atom. The van der Waals surface area contributed by atoms with E-state index in [-0.39, 0.29) is 5.91 Å². The average Bonchev–Trinajstić information content (AvgIpc) is 2.69. The fourth-order valence-corrected chi connectivity index (χ4v) is 1.80. The van der Waals surface area contributed by atoms with Crippen molar-refractivity contribution in [2.75, 3.05) is 13.1 Å². The average molecular weight is 207 g/mol. The van der Waals surface area contributed by atoms with E-state index in [1.165, 1.54) is 11.3 Å². The van der Waals surface area contributed by atoms with Gasteiger partial charge in [-0.15, -0.1) is 24.5 Å². The van der Waals surface area contributed by atoms with Crippen molar-refractivity contribution < 1.29 is 4.79 Å². The summed E-state index contributed by atoms with van der Waals surface area (Å²) in [5, 5.41) is 1.90. The molecule has 0 radical (unpaired) electrons. The van der Waals surface area contributed by atoms with Crippen molar-refractivity contribution in [3.63, 3.8) is 0 Å². The highest BCUT2D eigenvalue weighted by molar-refractivity contribution is 7.12. The highest BCUT2D eigenvalue weighted by Crippen LogP contribution is 2.11. The van der Waals surface area contributed by atoms with Crippen LogP contribution in [0.15, 0.2) is 42.8 Å². The van der Waals surface area contributed by atoms with Gasteiger partial charge in [-0.05, 0) is 11.4 Å². The molecular formula is C11H13NOS. The molecule has 0 saturated heterocycles. The van der Waals surface area contributed by atoms with Gasteiger partial charge < -0.3 is 4.90 Å².